The highest BCUT2D eigenvalue weighted by molar-refractivity contribution is 7.88. The van der Waals surface area contributed by atoms with Gasteiger partial charge in [-0.1, -0.05) is 41.4 Å². The second-order valence-corrected chi connectivity index (χ2v) is 8.39. The van der Waals surface area contributed by atoms with Crippen LogP contribution in [0.25, 0.3) is 0 Å². The van der Waals surface area contributed by atoms with Crippen LogP contribution in [-0.2, 0) is 23.1 Å². The number of nitrogens with one attached hydrogen (secondary N) is 1. The van der Waals surface area contributed by atoms with Crippen LogP contribution < -0.4 is 4.83 Å². The Bertz CT molecular complexity index is 794. The quantitative estimate of drug-likeness (QED) is 0.792. The molecule has 0 heterocycles. The second-order valence-electron chi connectivity index (χ2n) is 6.22. The molecule has 0 aliphatic carbocycles. The number of halogens is 1. The van der Waals surface area contributed by atoms with Gasteiger partial charge in [-0.3, -0.25) is 0 Å². The first-order chi connectivity index (χ1) is 11.1. The van der Waals surface area contributed by atoms with E-state index in [1.54, 1.807) is 17.1 Å². The zero-order chi connectivity index (χ0) is 17.9. The maximum Gasteiger partial charge on any atom is 0.221 e. The van der Waals surface area contributed by atoms with Crippen LogP contribution in [0.5, 0.6) is 0 Å². The van der Waals surface area contributed by atoms with E-state index in [4.69, 9.17) is 11.6 Å². The summed E-state index contributed by atoms with van der Waals surface area (Å²) < 4.78 is 23.5. The van der Waals surface area contributed by atoms with E-state index in [-0.39, 0.29) is 0 Å². The van der Waals surface area contributed by atoms with Gasteiger partial charge in [-0.2, -0.15) is 0 Å². The van der Waals surface area contributed by atoms with E-state index in [0.717, 1.165) is 28.5 Å². The summed E-state index contributed by atoms with van der Waals surface area (Å²) >= 11 is 5.92. The first-order valence-electron chi connectivity index (χ1n) is 7.67. The van der Waals surface area contributed by atoms with Crippen molar-refractivity contribution in [3.63, 3.8) is 0 Å². The lowest BCUT2D eigenvalue weighted by Crippen LogP contribution is -2.40. The van der Waals surface area contributed by atoms with Gasteiger partial charge in [0.15, 0.2) is 0 Å². The van der Waals surface area contributed by atoms with Crippen molar-refractivity contribution in [3.05, 3.63) is 69.2 Å². The summed E-state index contributed by atoms with van der Waals surface area (Å²) in [6, 6.07) is 11.6. The van der Waals surface area contributed by atoms with Crippen molar-refractivity contribution >= 4 is 21.6 Å². The molecule has 0 bridgehead atoms. The molecule has 2 aromatic rings. The minimum absolute atomic E-state index is 0.455. The predicted octanol–water partition coefficient (Wildman–Crippen LogP) is 3.73. The summed E-state index contributed by atoms with van der Waals surface area (Å²) in [5.41, 5.74) is 5.63. The number of rotatable bonds is 6. The number of nitrogens with zero attached hydrogens (tertiary/aromatic N) is 1. The highest BCUT2D eigenvalue weighted by Gasteiger charge is 2.15. The fraction of sp³-hybridized carbons (Fsp3) is 0.333. The fourth-order valence-electron chi connectivity index (χ4n) is 2.82. The molecule has 0 aliphatic rings. The Kier molecular flexibility index (Phi) is 6.04. The molecule has 0 amide bonds. The van der Waals surface area contributed by atoms with Crippen LogP contribution in [0.15, 0.2) is 36.4 Å². The van der Waals surface area contributed by atoms with Gasteiger partial charge in [-0.05, 0) is 55.2 Å². The summed E-state index contributed by atoms with van der Waals surface area (Å²) in [7, 11) is -3.36. The van der Waals surface area contributed by atoms with Crippen LogP contribution >= 0.6 is 11.6 Å². The average molecular weight is 367 g/mol. The summed E-state index contributed by atoms with van der Waals surface area (Å²) in [4.78, 5) is 2.61. The molecule has 0 fully saturated rings. The molecule has 6 heteroatoms. The van der Waals surface area contributed by atoms with Crippen molar-refractivity contribution in [1.82, 2.24) is 9.84 Å². The number of sulfonamides is 1. The average Bonchev–Trinajstić information content (AvgIpc) is 2.43. The third-order valence-corrected chi connectivity index (χ3v) is 4.61. The standard InChI is InChI=1S/C18H23ClN2O2S/c1-13-9-14(2)18(15(3)10-13)12-21(20-24(4,22)23)11-16-5-7-17(19)8-6-16/h5-10,20H,11-12H2,1-4H3. The molecule has 0 unspecified atom stereocenters. The molecule has 0 spiro atoms. The maximum absolute atomic E-state index is 11.7. The number of hydrazine groups is 1. The van der Waals surface area contributed by atoms with E-state index >= 15 is 0 Å². The lowest BCUT2D eigenvalue weighted by molar-refractivity contribution is 0.222. The second kappa shape index (κ2) is 7.66. The molecule has 0 saturated heterocycles. The van der Waals surface area contributed by atoms with E-state index in [9.17, 15) is 8.42 Å². The first kappa shape index (κ1) is 18.9. The summed E-state index contributed by atoms with van der Waals surface area (Å²) in [6.07, 6.45) is 1.16. The minimum Gasteiger partial charge on any atom is -0.222 e. The van der Waals surface area contributed by atoms with Crippen molar-refractivity contribution in [2.24, 2.45) is 0 Å². The molecule has 0 aromatic heterocycles. The maximum atomic E-state index is 11.7. The predicted molar refractivity (Wildman–Crippen MR) is 99.3 cm³/mol. The van der Waals surface area contributed by atoms with Crippen LogP contribution in [-0.4, -0.2) is 19.7 Å². The van der Waals surface area contributed by atoms with E-state index in [0.29, 0.717) is 18.1 Å². The Morgan fingerprint density at radius 2 is 1.54 bits per heavy atom. The normalized spacial score (nSPS) is 11.9. The van der Waals surface area contributed by atoms with Gasteiger partial charge in [0.2, 0.25) is 10.0 Å². The van der Waals surface area contributed by atoms with Crippen molar-refractivity contribution in [1.29, 1.82) is 0 Å². The van der Waals surface area contributed by atoms with E-state index in [1.807, 2.05) is 12.1 Å². The molecule has 4 nitrogen and oxygen atoms in total. The smallest absolute Gasteiger partial charge is 0.221 e. The van der Waals surface area contributed by atoms with Gasteiger partial charge in [0.05, 0.1) is 6.26 Å². The number of hydrogen-bond acceptors (Lipinski definition) is 3. The summed E-state index contributed by atoms with van der Waals surface area (Å²) in [5.74, 6) is 0. The topological polar surface area (TPSA) is 49.4 Å². The van der Waals surface area contributed by atoms with Gasteiger partial charge < -0.3 is 0 Å². The van der Waals surface area contributed by atoms with Crippen LogP contribution in [0.2, 0.25) is 5.02 Å². The zero-order valence-electron chi connectivity index (χ0n) is 14.4. The lowest BCUT2D eigenvalue weighted by atomic mass is 9.99. The molecule has 0 atom stereocenters. The van der Waals surface area contributed by atoms with Gasteiger partial charge in [0, 0.05) is 18.1 Å². The molecular formula is C18H23ClN2O2S. The Labute approximate surface area is 149 Å². The molecule has 2 aromatic carbocycles. The van der Waals surface area contributed by atoms with Crippen LogP contribution in [0, 0.1) is 20.8 Å². The summed E-state index contributed by atoms with van der Waals surface area (Å²) in [6.45, 7) is 7.11. The van der Waals surface area contributed by atoms with Crippen LogP contribution in [0.4, 0.5) is 0 Å². The van der Waals surface area contributed by atoms with Crippen molar-refractivity contribution < 1.29 is 8.42 Å². The third-order valence-electron chi connectivity index (χ3n) is 3.77. The largest absolute Gasteiger partial charge is 0.222 e. The molecule has 24 heavy (non-hydrogen) atoms. The van der Waals surface area contributed by atoms with Crippen LogP contribution in [0.3, 0.4) is 0 Å². The van der Waals surface area contributed by atoms with E-state index in [2.05, 4.69) is 37.7 Å². The number of benzene rings is 2. The Balaban J connectivity index is 2.28. The zero-order valence-corrected chi connectivity index (χ0v) is 16.0. The SMILES string of the molecule is Cc1cc(C)c(CN(Cc2ccc(Cl)cc2)NS(C)(=O)=O)c(C)c1. The van der Waals surface area contributed by atoms with Gasteiger partial charge in [-0.15, -0.1) is 4.83 Å². The number of aryl methyl sites for hydroxylation is 3. The van der Waals surface area contributed by atoms with Crippen molar-refractivity contribution in [3.8, 4) is 0 Å². The Hall–Kier alpha value is -1.40. The number of hydrogen-bond donors (Lipinski definition) is 1. The molecule has 0 aliphatic heterocycles. The van der Waals surface area contributed by atoms with Gasteiger partial charge in [0.25, 0.3) is 0 Å². The molecule has 130 valence electrons. The first-order valence-corrected chi connectivity index (χ1v) is 9.94. The lowest BCUT2D eigenvalue weighted by Gasteiger charge is -2.24. The molecular weight excluding hydrogens is 344 g/mol. The van der Waals surface area contributed by atoms with Crippen molar-refractivity contribution in [2.45, 2.75) is 33.9 Å². The van der Waals surface area contributed by atoms with Gasteiger partial charge >= 0.3 is 0 Å². The molecule has 0 saturated carbocycles. The molecule has 0 radical (unpaired) electrons. The minimum atomic E-state index is -3.36. The Morgan fingerprint density at radius 3 is 2.04 bits per heavy atom. The summed E-state index contributed by atoms with van der Waals surface area (Å²) in [5, 5.41) is 2.37. The fourth-order valence-corrected chi connectivity index (χ4v) is 3.54. The Morgan fingerprint density at radius 1 is 1.00 bits per heavy atom. The van der Waals surface area contributed by atoms with E-state index < -0.39 is 10.0 Å². The molecule has 2 rings (SSSR count). The molecule has 1 N–H and O–H groups in total. The van der Waals surface area contributed by atoms with Crippen LogP contribution in [0.1, 0.15) is 27.8 Å². The highest BCUT2D eigenvalue weighted by Crippen LogP contribution is 2.19. The highest BCUT2D eigenvalue weighted by atomic mass is 35.5. The van der Waals surface area contributed by atoms with Gasteiger partial charge in [-0.25, -0.2) is 13.4 Å². The third kappa shape index (κ3) is 5.60. The monoisotopic (exact) mass is 366 g/mol. The van der Waals surface area contributed by atoms with E-state index in [1.165, 1.54) is 5.56 Å². The van der Waals surface area contributed by atoms with Crippen molar-refractivity contribution in [2.75, 3.05) is 6.26 Å². The van der Waals surface area contributed by atoms with Gasteiger partial charge in [0.1, 0.15) is 0 Å².